The molecule has 1 atom stereocenters. The molecule has 0 saturated carbocycles. The number of hydrogen-bond donors (Lipinski definition) is 1. The molecule has 3 rings (SSSR count). The number of rotatable bonds is 8. The van der Waals surface area contributed by atoms with Crippen molar-refractivity contribution in [1.82, 2.24) is 9.78 Å². The molecule has 1 aromatic rings. The van der Waals surface area contributed by atoms with E-state index in [4.69, 9.17) is 4.74 Å². The summed E-state index contributed by atoms with van der Waals surface area (Å²) in [6.07, 6.45) is 11.2. The van der Waals surface area contributed by atoms with Crippen molar-refractivity contribution >= 4 is 33.2 Å². The standard InChI is InChI=1S/C17H27N3O2S2/c21-17(4-2-1-3-16-7-10-23-24-16)19-15-11-18-20(13-15)12-14-5-8-22-9-6-14/h11,13-14,16H,1-10,12H2,(H,19,21). The Hall–Kier alpha value is -0.660. The van der Waals surface area contributed by atoms with Crippen molar-refractivity contribution in [2.45, 2.75) is 56.7 Å². The van der Waals surface area contributed by atoms with Gasteiger partial charge in [-0.2, -0.15) is 5.10 Å². The first kappa shape index (κ1) is 18.1. The minimum Gasteiger partial charge on any atom is -0.381 e. The van der Waals surface area contributed by atoms with Gasteiger partial charge in [0.1, 0.15) is 0 Å². The van der Waals surface area contributed by atoms with E-state index in [-0.39, 0.29) is 5.91 Å². The highest BCUT2D eigenvalue weighted by Crippen LogP contribution is 2.39. The third-order valence-electron chi connectivity index (χ3n) is 4.61. The average molecular weight is 370 g/mol. The van der Waals surface area contributed by atoms with E-state index < -0.39 is 0 Å². The van der Waals surface area contributed by atoms with Crippen molar-refractivity contribution in [1.29, 1.82) is 0 Å². The average Bonchev–Trinajstić information content (AvgIpc) is 3.25. The second kappa shape index (κ2) is 9.73. The number of carbonyl (C=O) groups excluding carboxylic acids is 1. The lowest BCUT2D eigenvalue weighted by atomic mass is 10.0. The zero-order valence-corrected chi connectivity index (χ0v) is 15.7. The summed E-state index contributed by atoms with van der Waals surface area (Å²) in [6, 6.07) is 0. The number of ether oxygens (including phenoxy) is 1. The zero-order chi connectivity index (χ0) is 16.6. The van der Waals surface area contributed by atoms with Gasteiger partial charge in [0.25, 0.3) is 0 Å². The van der Waals surface area contributed by atoms with Crippen LogP contribution in [0.3, 0.4) is 0 Å². The Balaban J connectivity index is 1.32. The van der Waals surface area contributed by atoms with Crippen molar-refractivity contribution in [3.8, 4) is 0 Å². The molecular weight excluding hydrogens is 342 g/mol. The van der Waals surface area contributed by atoms with E-state index >= 15 is 0 Å². The molecule has 0 aliphatic carbocycles. The Labute approximate surface area is 152 Å². The summed E-state index contributed by atoms with van der Waals surface area (Å²) >= 11 is 0. The molecule has 1 unspecified atom stereocenters. The normalized spacial score (nSPS) is 21.9. The van der Waals surface area contributed by atoms with Crippen LogP contribution in [0.4, 0.5) is 5.69 Å². The lowest BCUT2D eigenvalue weighted by molar-refractivity contribution is -0.116. The van der Waals surface area contributed by atoms with Gasteiger partial charge >= 0.3 is 0 Å². The minimum atomic E-state index is 0.106. The first-order valence-corrected chi connectivity index (χ1v) is 11.4. The van der Waals surface area contributed by atoms with Crippen LogP contribution < -0.4 is 5.32 Å². The number of nitrogens with zero attached hydrogens (tertiary/aromatic N) is 2. The molecule has 2 aliphatic rings. The molecule has 0 aromatic carbocycles. The smallest absolute Gasteiger partial charge is 0.224 e. The van der Waals surface area contributed by atoms with E-state index in [0.29, 0.717) is 12.3 Å². The second-order valence-corrected chi connectivity index (χ2v) is 9.42. The first-order chi connectivity index (χ1) is 11.8. The van der Waals surface area contributed by atoms with E-state index in [0.717, 1.165) is 56.4 Å². The molecule has 1 aromatic heterocycles. The maximum Gasteiger partial charge on any atom is 0.224 e. The van der Waals surface area contributed by atoms with Gasteiger partial charge in [-0.05, 0) is 38.0 Å². The topological polar surface area (TPSA) is 56.2 Å². The Kier molecular flexibility index (Phi) is 7.35. The fraction of sp³-hybridized carbons (Fsp3) is 0.765. The summed E-state index contributed by atoms with van der Waals surface area (Å²) in [5.41, 5.74) is 0.815. The molecule has 1 amide bonds. The van der Waals surface area contributed by atoms with Gasteiger partial charge in [0.15, 0.2) is 0 Å². The maximum atomic E-state index is 12.0. The quantitative estimate of drug-likeness (QED) is 0.555. The number of unbranched alkanes of at least 4 members (excludes halogenated alkanes) is 1. The van der Waals surface area contributed by atoms with Crippen LogP contribution in [0, 0.1) is 5.92 Å². The number of anilines is 1. The van der Waals surface area contributed by atoms with Gasteiger partial charge in [-0.1, -0.05) is 28.0 Å². The number of amides is 1. The molecular formula is C17H27N3O2S2. The number of hydrogen-bond acceptors (Lipinski definition) is 5. The third-order valence-corrected chi connectivity index (χ3v) is 7.62. The summed E-state index contributed by atoms with van der Waals surface area (Å²) in [4.78, 5) is 12.0. The molecule has 24 heavy (non-hydrogen) atoms. The number of nitrogens with one attached hydrogen (secondary N) is 1. The molecule has 0 bridgehead atoms. The zero-order valence-electron chi connectivity index (χ0n) is 14.1. The summed E-state index contributed by atoms with van der Waals surface area (Å²) in [7, 11) is 4.00. The molecule has 1 N–H and O–H groups in total. The van der Waals surface area contributed by atoms with Crippen molar-refractivity contribution in [2.75, 3.05) is 24.3 Å². The number of aromatic nitrogens is 2. The predicted octanol–water partition coefficient (Wildman–Crippen LogP) is 3.96. The summed E-state index contributed by atoms with van der Waals surface area (Å²) in [6.45, 7) is 2.62. The number of carbonyl (C=O) groups is 1. The van der Waals surface area contributed by atoms with E-state index in [1.54, 1.807) is 6.20 Å². The van der Waals surface area contributed by atoms with Crippen LogP contribution in [0.1, 0.15) is 44.9 Å². The van der Waals surface area contributed by atoms with E-state index in [1.807, 2.05) is 32.5 Å². The van der Waals surface area contributed by atoms with Crippen molar-refractivity contribution in [3.05, 3.63) is 12.4 Å². The highest BCUT2D eigenvalue weighted by atomic mass is 33.1. The van der Waals surface area contributed by atoms with Crippen LogP contribution in [0.5, 0.6) is 0 Å². The van der Waals surface area contributed by atoms with E-state index in [2.05, 4.69) is 10.4 Å². The highest BCUT2D eigenvalue weighted by Gasteiger charge is 2.16. The Morgan fingerprint density at radius 3 is 3.00 bits per heavy atom. The fourth-order valence-corrected chi connectivity index (χ4v) is 6.19. The first-order valence-electron chi connectivity index (χ1n) is 8.98. The van der Waals surface area contributed by atoms with Crippen LogP contribution in [0.25, 0.3) is 0 Å². The van der Waals surface area contributed by atoms with Crippen LogP contribution in [-0.2, 0) is 16.1 Å². The SMILES string of the molecule is O=C(CCCCC1CCSS1)Nc1cnn(CC2CCOCC2)c1. The molecule has 5 nitrogen and oxygen atoms in total. The van der Waals surface area contributed by atoms with Crippen LogP contribution >= 0.6 is 21.6 Å². The summed E-state index contributed by atoms with van der Waals surface area (Å²) in [5, 5.41) is 8.15. The fourth-order valence-electron chi connectivity index (χ4n) is 3.17. The van der Waals surface area contributed by atoms with Gasteiger partial charge in [-0.3, -0.25) is 9.48 Å². The van der Waals surface area contributed by atoms with Crippen molar-refractivity contribution < 1.29 is 9.53 Å². The third kappa shape index (κ3) is 6.01. The van der Waals surface area contributed by atoms with Gasteiger partial charge < -0.3 is 10.1 Å². The maximum absolute atomic E-state index is 12.0. The molecule has 3 heterocycles. The van der Waals surface area contributed by atoms with Crippen molar-refractivity contribution in [2.24, 2.45) is 5.92 Å². The van der Waals surface area contributed by atoms with Gasteiger partial charge in [0, 0.05) is 43.4 Å². The van der Waals surface area contributed by atoms with Crippen LogP contribution in [0.15, 0.2) is 12.4 Å². The molecule has 0 spiro atoms. The van der Waals surface area contributed by atoms with Crippen LogP contribution in [0.2, 0.25) is 0 Å². The largest absolute Gasteiger partial charge is 0.381 e. The monoisotopic (exact) mass is 369 g/mol. The van der Waals surface area contributed by atoms with Crippen molar-refractivity contribution in [3.63, 3.8) is 0 Å². The summed E-state index contributed by atoms with van der Waals surface area (Å²) < 4.78 is 7.33. The van der Waals surface area contributed by atoms with Gasteiger partial charge in [-0.25, -0.2) is 0 Å². The molecule has 2 fully saturated rings. The Morgan fingerprint density at radius 1 is 1.33 bits per heavy atom. The van der Waals surface area contributed by atoms with E-state index in [1.165, 1.54) is 18.6 Å². The van der Waals surface area contributed by atoms with Crippen LogP contribution in [-0.4, -0.2) is 39.9 Å². The summed E-state index contributed by atoms with van der Waals surface area (Å²) in [5.74, 6) is 2.02. The molecule has 2 aliphatic heterocycles. The molecule has 2 saturated heterocycles. The molecule has 7 heteroatoms. The predicted molar refractivity (Wildman–Crippen MR) is 101 cm³/mol. The van der Waals surface area contributed by atoms with E-state index in [9.17, 15) is 4.79 Å². The molecule has 0 radical (unpaired) electrons. The van der Waals surface area contributed by atoms with Gasteiger partial charge in [0.05, 0.1) is 11.9 Å². The highest BCUT2D eigenvalue weighted by molar-refractivity contribution is 8.77. The van der Waals surface area contributed by atoms with Gasteiger partial charge in [-0.15, -0.1) is 0 Å². The lowest BCUT2D eigenvalue weighted by Crippen LogP contribution is -2.20. The van der Waals surface area contributed by atoms with Gasteiger partial charge in [0.2, 0.25) is 5.91 Å². The minimum absolute atomic E-state index is 0.106. The molecule has 134 valence electrons. The lowest BCUT2D eigenvalue weighted by Gasteiger charge is -2.21. The Bertz CT molecular complexity index is 512. The Morgan fingerprint density at radius 2 is 2.21 bits per heavy atom. The second-order valence-electron chi connectivity index (χ2n) is 6.63.